The summed E-state index contributed by atoms with van der Waals surface area (Å²) in [6, 6.07) is 4.05. The van der Waals surface area contributed by atoms with Crippen molar-refractivity contribution in [2.45, 2.75) is 50.4 Å². The maximum Gasteiger partial charge on any atom is 0.255 e. The second kappa shape index (κ2) is 8.42. The monoisotopic (exact) mass is 416 g/mol. The number of piperidine rings is 1. The fraction of sp³-hybridized carbons (Fsp3) is 0.727. The van der Waals surface area contributed by atoms with Gasteiger partial charge in [0.2, 0.25) is 5.91 Å². The number of fused-ring (bicyclic) bond motifs is 4. The first kappa shape index (κ1) is 20.2. The zero-order chi connectivity index (χ0) is 20.7. The highest BCUT2D eigenvalue weighted by molar-refractivity contribution is 5.82. The number of pyridine rings is 1. The first-order valence-electron chi connectivity index (χ1n) is 11.3. The summed E-state index contributed by atoms with van der Waals surface area (Å²) in [6.45, 7) is 5.70. The number of likely N-dealkylation sites (tertiary alicyclic amines) is 1. The van der Waals surface area contributed by atoms with Gasteiger partial charge in [-0.05, 0) is 37.8 Å². The maximum atomic E-state index is 13.3. The van der Waals surface area contributed by atoms with Crippen LogP contribution in [0.2, 0.25) is 0 Å². The molecule has 5 heterocycles. The van der Waals surface area contributed by atoms with E-state index in [1.54, 1.807) is 0 Å². The summed E-state index contributed by atoms with van der Waals surface area (Å²) in [4.78, 5) is 30.4. The summed E-state index contributed by atoms with van der Waals surface area (Å²) in [5, 5.41) is 12.7. The number of nitrogens with zero attached hydrogens (tertiary/aromatic N) is 3. The van der Waals surface area contributed by atoms with E-state index in [0.29, 0.717) is 38.7 Å². The van der Waals surface area contributed by atoms with Gasteiger partial charge in [0.25, 0.3) is 5.56 Å². The lowest BCUT2D eigenvalue weighted by Crippen LogP contribution is -2.53. The molecule has 4 aliphatic heterocycles. The number of aliphatic hydroxyl groups excluding tert-OH is 1. The quantitative estimate of drug-likeness (QED) is 0.703. The predicted octanol–water partition coefficient (Wildman–Crippen LogP) is -0.261. The van der Waals surface area contributed by atoms with E-state index < -0.39 is 0 Å². The SMILES string of the molecule is O=C([C@H]1CCCN1)N1C[C@@H]2C[C@H](C1)c1ccc(CN3CCO[C@@H](CO)C3)c(=O)n1C2. The number of rotatable bonds is 4. The third kappa shape index (κ3) is 3.82. The van der Waals surface area contributed by atoms with Crippen LogP contribution < -0.4 is 10.9 Å². The minimum Gasteiger partial charge on any atom is -0.394 e. The van der Waals surface area contributed by atoms with Gasteiger partial charge < -0.3 is 24.6 Å². The van der Waals surface area contributed by atoms with E-state index in [-0.39, 0.29) is 36.1 Å². The fourth-order valence-electron chi connectivity index (χ4n) is 5.68. The number of hydrogen-bond donors (Lipinski definition) is 2. The standard InChI is InChI=1S/C22H32N4O4/c27-14-18-13-24(6-7-30-18)11-16-3-4-20-17-8-15(10-26(20)21(16)28)9-25(12-17)22(29)19-2-1-5-23-19/h3-4,15,17-19,23,27H,1-2,5-14H2/t15-,17+,18+,19+/m0/s1. The van der Waals surface area contributed by atoms with Gasteiger partial charge in [0, 0.05) is 56.4 Å². The van der Waals surface area contributed by atoms with E-state index >= 15 is 0 Å². The van der Waals surface area contributed by atoms with Crippen LogP contribution in [-0.4, -0.2) is 83.5 Å². The largest absolute Gasteiger partial charge is 0.394 e. The lowest BCUT2D eigenvalue weighted by molar-refractivity contribution is -0.135. The Morgan fingerprint density at radius 1 is 1.23 bits per heavy atom. The van der Waals surface area contributed by atoms with Crippen molar-refractivity contribution in [3.63, 3.8) is 0 Å². The minimum atomic E-state index is -0.170. The van der Waals surface area contributed by atoms with Crippen molar-refractivity contribution >= 4 is 5.91 Å². The van der Waals surface area contributed by atoms with Crippen LogP contribution in [0.5, 0.6) is 0 Å². The molecule has 0 spiro atoms. The Morgan fingerprint density at radius 2 is 2.13 bits per heavy atom. The van der Waals surface area contributed by atoms with Gasteiger partial charge in [0.05, 0.1) is 25.4 Å². The molecule has 30 heavy (non-hydrogen) atoms. The normalized spacial score (nSPS) is 31.6. The van der Waals surface area contributed by atoms with Crippen molar-refractivity contribution in [3.05, 3.63) is 33.7 Å². The van der Waals surface area contributed by atoms with Crippen LogP contribution in [-0.2, 0) is 22.6 Å². The van der Waals surface area contributed by atoms with Gasteiger partial charge in [-0.25, -0.2) is 0 Å². The van der Waals surface area contributed by atoms with Gasteiger partial charge >= 0.3 is 0 Å². The molecule has 1 amide bonds. The molecule has 4 atom stereocenters. The Labute approximate surface area is 176 Å². The van der Waals surface area contributed by atoms with E-state index in [1.807, 2.05) is 15.5 Å². The van der Waals surface area contributed by atoms with Crippen LogP contribution >= 0.6 is 0 Å². The lowest BCUT2D eigenvalue weighted by atomic mass is 9.82. The van der Waals surface area contributed by atoms with Gasteiger partial charge in [0.1, 0.15) is 0 Å². The number of aromatic nitrogens is 1. The second-order valence-electron chi connectivity index (χ2n) is 9.30. The molecular formula is C22H32N4O4. The molecule has 0 aromatic carbocycles. The van der Waals surface area contributed by atoms with Gasteiger partial charge in [-0.1, -0.05) is 6.07 Å². The number of nitrogens with one attached hydrogen (secondary N) is 1. The van der Waals surface area contributed by atoms with Crippen molar-refractivity contribution in [1.29, 1.82) is 0 Å². The summed E-state index contributed by atoms with van der Waals surface area (Å²) in [5.74, 6) is 0.823. The highest BCUT2D eigenvalue weighted by Crippen LogP contribution is 2.35. The molecule has 5 rings (SSSR count). The molecule has 1 aromatic heterocycles. The Kier molecular flexibility index (Phi) is 5.66. The number of aliphatic hydroxyl groups is 1. The summed E-state index contributed by atoms with van der Waals surface area (Å²) >= 11 is 0. The van der Waals surface area contributed by atoms with E-state index in [4.69, 9.17) is 4.74 Å². The molecule has 8 heteroatoms. The van der Waals surface area contributed by atoms with Crippen molar-refractivity contribution < 1.29 is 14.6 Å². The molecule has 0 radical (unpaired) electrons. The Morgan fingerprint density at radius 3 is 2.93 bits per heavy atom. The number of carbonyl (C=O) groups excluding carboxylic acids is 1. The fourth-order valence-corrected chi connectivity index (χ4v) is 5.68. The van der Waals surface area contributed by atoms with Gasteiger partial charge in [-0.2, -0.15) is 0 Å². The molecule has 8 nitrogen and oxygen atoms in total. The van der Waals surface area contributed by atoms with E-state index in [2.05, 4.69) is 16.3 Å². The molecule has 1 aromatic rings. The van der Waals surface area contributed by atoms with Gasteiger partial charge in [-0.15, -0.1) is 0 Å². The number of morpholine rings is 1. The minimum absolute atomic E-state index is 0.00856. The van der Waals surface area contributed by atoms with Crippen molar-refractivity contribution in [2.24, 2.45) is 5.92 Å². The summed E-state index contributed by atoms with van der Waals surface area (Å²) in [6.07, 6.45) is 2.89. The zero-order valence-electron chi connectivity index (χ0n) is 17.5. The van der Waals surface area contributed by atoms with Crippen molar-refractivity contribution in [1.82, 2.24) is 19.7 Å². The van der Waals surface area contributed by atoms with Crippen LogP contribution in [0.25, 0.3) is 0 Å². The molecule has 0 saturated carbocycles. The molecule has 2 bridgehead atoms. The Bertz CT molecular complexity index is 850. The van der Waals surface area contributed by atoms with Gasteiger partial charge in [-0.3, -0.25) is 14.5 Å². The van der Waals surface area contributed by atoms with E-state index in [9.17, 15) is 14.7 Å². The smallest absolute Gasteiger partial charge is 0.255 e. The highest BCUT2D eigenvalue weighted by atomic mass is 16.5. The summed E-state index contributed by atoms with van der Waals surface area (Å²) in [5.41, 5.74) is 1.99. The first-order valence-corrected chi connectivity index (χ1v) is 11.3. The van der Waals surface area contributed by atoms with Crippen LogP contribution in [0.1, 0.15) is 36.4 Å². The maximum absolute atomic E-state index is 13.3. The Balaban J connectivity index is 1.32. The van der Waals surface area contributed by atoms with Crippen LogP contribution in [0.15, 0.2) is 16.9 Å². The molecule has 164 valence electrons. The molecule has 3 saturated heterocycles. The number of hydrogen-bond acceptors (Lipinski definition) is 6. The topological polar surface area (TPSA) is 87.0 Å². The van der Waals surface area contributed by atoms with Crippen molar-refractivity contribution in [3.8, 4) is 0 Å². The van der Waals surface area contributed by atoms with Crippen molar-refractivity contribution in [2.75, 3.05) is 45.9 Å². The molecule has 4 aliphatic rings. The molecular weight excluding hydrogens is 384 g/mol. The lowest BCUT2D eigenvalue weighted by Gasteiger charge is -2.43. The third-order valence-corrected chi connectivity index (χ3v) is 7.17. The summed E-state index contributed by atoms with van der Waals surface area (Å²) < 4.78 is 7.49. The molecule has 0 aliphatic carbocycles. The third-order valence-electron chi connectivity index (χ3n) is 7.17. The van der Waals surface area contributed by atoms with Crippen LogP contribution in [0.4, 0.5) is 0 Å². The average molecular weight is 417 g/mol. The van der Waals surface area contributed by atoms with E-state index in [0.717, 1.165) is 50.2 Å². The summed E-state index contributed by atoms with van der Waals surface area (Å²) in [7, 11) is 0. The van der Waals surface area contributed by atoms with Crippen LogP contribution in [0.3, 0.4) is 0 Å². The highest BCUT2D eigenvalue weighted by Gasteiger charge is 2.38. The second-order valence-corrected chi connectivity index (χ2v) is 9.30. The molecule has 3 fully saturated rings. The molecule has 0 unspecified atom stereocenters. The average Bonchev–Trinajstić information content (AvgIpc) is 3.30. The Hall–Kier alpha value is -1.74. The first-order chi connectivity index (χ1) is 14.6. The molecule has 2 N–H and O–H groups in total. The zero-order valence-corrected chi connectivity index (χ0v) is 17.5. The number of amides is 1. The van der Waals surface area contributed by atoms with Gasteiger partial charge in [0.15, 0.2) is 0 Å². The number of carbonyl (C=O) groups is 1. The number of ether oxygens (including phenoxy) is 1. The van der Waals surface area contributed by atoms with E-state index in [1.165, 1.54) is 0 Å². The predicted molar refractivity (Wildman–Crippen MR) is 111 cm³/mol. The van der Waals surface area contributed by atoms with Crippen LogP contribution in [0, 0.1) is 5.92 Å².